The first-order valence-electron chi connectivity index (χ1n) is 6.84. The average molecular weight is 270 g/mol. The molecule has 0 fully saturated rings. The molecule has 20 heavy (non-hydrogen) atoms. The van der Waals surface area contributed by atoms with E-state index in [0.717, 1.165) is 16.7 Å². The fourth-order valence-electron chi connectivity index (χ4n) is 2.29. The van der Waals surface area contributed by atoms with Crippen LogP contribution in [0.5, 0.6) is 0 Å². The molecule has 0 aliphatic carbocycles. The van der Waals surface area contributed by atoms with E-state index in [4.69, 9.17) is 0 Å². The molecule has 0 aliphatic heterocycles. The summed E-state index contributed by atoms with van der Waals surface area (Å²) < 4.78 is 1.64. The topological polar surface area (TPSA) is 25.2 Å². The van der Waals surface area contributed by atoms with Gasteiger partial charge in [0.1, 0.15) is 0 Å². The summed E-state index contributed by atoms with van der Waals surface area (Å²) >= 11 is 0. The molecular weight excluding hydrogens is 248 g/mol. The van der Waals surface area contributed by atoms with Crippen LogP contribution in [0.3, 0.4) is 0 Å². The van der Waals surface area contributed by atoms with Gasteiger partial charge in [-0.25, -0.2) is 0 Å². The number of hydrogen-bond donors (Lipinski definition) is 0. The summed E-state index contributed by atoms with van der Waals surface area (Å²) in [5, 5.41) is 0. The van der Waals surface area contributed by atoms with Gasteiger partial charge in [0.2, 0.25) is 0 Å². The number of pyridine rings is 1. The molecule has 0 saturated heterocycles. The Morgan fingerprint density at radius 2 is 1.70 bits per heavy atom. The molecule has 1 heterocycles. The Morgan fingerprint density at radius 1 is 1.10 bits per heavy atom. The summed E-state index contributed by atoms with van der Waals surface area (Å²) in [5.41, 5.74) is 4.34. The monoisotopic (exact) mass is 270 g/mol. The van der Waals surface area contributed by atoms with Crippen LogP contribution in [0.1, 0.15) is 24.1 Å². The van der Waals surface area contributed by atoms with E-state index < -0.39 is 0 Å². The van der Waals surface area contributed by atoms with E-state index in [1.165, 1.54) is 5.56 Å². The predicted octanol–water partition coefficient (Wildman–Crippen LogP) is 2.98. The molecule has 0 bridgehead atoms. The van der Waals surface area contributed by atoms with Gasteiger partial charge in [-0.15, -0.1) is 0 Å². The van der Waals surface area contributed by atoms with Gasteiger partial charge in [0.05, 0.1) is 0 Å². The Balaban J connectivity index is 2.38. The third-order valence-corrected chi connectivity index (χ3v) is 3.86. The number of benzene rings is 1. The maximum absolute atomic E-state index is 11.7. The van der Waals surface area contributed by atoms with Gasteiger partial charge in [-0.2, -0.15) is 0 Å². The van der Waals surface area contributed by atoms with Crippen molar-refractivity contribution in [2.24, 2.45) is 7.05 Å². The van der Waals surface area contributed by atoms with Crippen LogP contribution in [0.25, 0.3) is 11.1 Å². The number of aryl methyl sites for hydroxylation is 2. The molecule has 0 N–H and O–H groups in total. The van der Waals surface area contributed by atoms with E-state index in [2.05, 4.69) is 50.2 Å². The highest BCUT2D eigenvalue weighted by molar-refractivity contribution is 5.63. The van der Waals surface area contributed by atoms with E-state index in [9.17, 15) is 4.79 Å². The molecular formula is C17H22N2O. The second-order valence-corrected chi connectivity index (χ2v) is 5.59. The van der Waals surface area contributed by atoms with Crippen LogP contribution in [0, 0.1) is 6.92 Å². The Labute approximate surface area is 120 Å². The molecule has 0 spiro atoms. The van der Waals surface area contributed by atoms with Crippen molar-refractivity contribution in [3.63, 3.8) is 0 Å². The van der Waals surface area contributed by atoms with E-state index in [0.29, 0.717) is 6.04 Å². The fourth-order valence-corrected chi connectivity index (χ4v) is 2.29. The Hall–Kier alpha value is -1.87. The minimum absolute atomic E-state index is 0.0617. The highest BCUT2D eigenvalue weighted by atomic mass is 16.1. The largest absolute Gasteiger partial charge is 0.318 e. The zero-order chi connectivity index (χ0) is 14.9. The normalized spacial score (nSPS) is 12.7. The molecule has 0 aliphatic rings. The van der Waals surface area contributed by atoms with Gasteiger partial charge >= 0.3 is 0 Å². The second-order valence-electron chi connectivity index (χ2n) is 5.59. The lowest BCUT2D eigenvalue weighted by Gasteiger charge is -2.20. The van der Waals surface area contributed by atoms with Crippen molar-refractivity contribution in [2.45, 2.75) is 19.9 Å². The lowest BCUT2D eigenvalue weighted by Crippen LogP contribution is -2.18. The van der Waals surface area contributed by atoms with Gasteiger partial charge in [-0.05, 0) is 50.7 Å². The molecule has 1 atom stereocenters. The third kappa shape index (κ3) is 2.83. The summed E-state index contributed by atoms with van der Waals surface area (Å²) in [6.07, 6.45) is 1.89. The first-order valence-corrected chi connectivity index (χ1v) is 6.84. The molecule has 1 aromatic carbocycles. The van der Waals surface area contributed by atoms with Gasteiger partial charge in [0.25, 0.3) is 5.56 Å². The molecule has 3 heteroatoms. The second kappa shape index (κ2) is 5.63. The maximum Gasteiger partial charge on any atom is 0.253 e. The minimum atomic E-state index is 0.0617. The molecule has 0 amide bonds. The lowest BCUT2D eigenvalue weighted by molar-refractivity contribution is 0.321. The van der Waals surface area contributed by atoms with Crippen LogP contribution >= 0.6 is 0 Å². The van der Waals surface area contributed by atoms with E-state index in [1.807, 2.05) is 19.2 Å². The van der Waals surface area contributed by atoms with Gasteiger partial charge in [0.15, 0.2) is 0 Å². The molecule has 0 radical (unpaired) electrons. The lowest BCUT2D eigenvalue weighted by atomic mass is 10.0. The van der Waals surface area contributed by atoms with Crippen molar-refractivity contribution in [1.29, 1.82) is 0 Å². The summed E-state index contributed by atoms with van der Waals surface area (Å²) in [6, 6.07) is 10.9. The molecule has 2 rings (SSSR count). The first-order chi connectivity index (χ1) is 9.40. The van der Waals surface area contributed by atoms with E-state index in [-0.39, 0.29) is 5.56 Å². The quantitative estimate of drug-likeness (QED) is 0.856. The number of rotatable bonds is 3. The number of aromatic nitrogens is 1. The van der Waals surface area contributed by atoms with Crippen molar-refractivity contribution in [2.75, 3.05) is 14.1 Å². The fraction of sp³-hybridized carbons (Fsp3) is 0.353. The average Bonchev–Trinajstić information content (AvgIpc) is 2.43. The van der Waals surface area contributed by atoms with Crippen molar-refractivity contribution in [1.82, 2.24) is 9.47 Å². The van der Waals surface area contributed by atoms with Crippen molar-refractivity contribution in [3.8, 4) is 11.1 Å². The number of hydrogen-bond acceptors (Lipinski definition) is 2. The Bertz CT molecular complexity index is 627. The molecule has 2 aromatic rings. The maximum atomic E-state index is 11.7. The van der Waals surface area contributed by atoms with E-state index in [1.54, 1.807) is 11.6 Å². The molecule has 0 saturated carbocycles. The van der Waals surface area contributed by atoms with Gasteiger partial charge in [-0.1, -0.05) is 24.3 Å². The van der Waals surface area contributed by atoms with Gasteiger partial charge < -0.3 is 9.47 Å². The smallest absolute Gasteiger partial charge is 0.253 e. The van der Waals surface area contributed by atoms with Crippen molar-refractivity contribution in [3.05, 3.63) is 58.0 Å². The van der Waals surface area contributed by atoms with Crippen LogP contribution in [0.15, 0.2) is 41.3 Å². The highest BCUT2D eigenvalue weighted by Crippen LogP contribution is 2.23. The molecule has 1 unspecified atom stereocenters. The van der Waals surface area contributed by atoms with Crippen molar-refractivity contribution < 1.29 is 0 Å². The Morgan fingerprint density at radius 3 is 2.20 bits per heavy atom. The molecule has 106 valence electrons. The third-order valence-electron chi connectivity index (χ3n) is 3.86. The van der Waals surface area contributed by atoms with Gasteiger partial charge in [-0.3, -0.25) is 4.79 Å². The zero-order valence-electron chi connectivity index (χ0n) is 12.8. The highest BCUT2D eigenvalue weighted by Gasteiger charge is 2.08. The summed E-state index contributed by atoms with van der Waals surface area (Å²) in [7, 11) is 5.95. The summed E-state index contributed by atoms with van der Waals surface area (Å²) in [4.78, 5) is 13.9. The predicted molar refractivity (Wildman–Crippen MR) is 84.0 cm³/mol. The van der Waals surface area contributed by atoms with Gasteiger partial charge in [0, 0.05) is 24.8 Å². The summed E-state index contributed by atoms with van der Waals surface area (Å²) in [5.74, 6) is 0. The molecule has 3 nitrogen and oxygen atoms in total. The number of nitrogens with zero attached hydrogens (tertiary/aromatic N) is 2. The van der Waals surface area contributed by atoms with Crippen LogP contribution in [-0.2, 0) is 7.05 Å². The SMILES string of the molecule is Cc1cc(-c2ccc(C(C)N(C)C)cc2)cn(C)c1=O. The minimum Gasteiger partial charge on any atom is -0.318 e. The first kappa shape index (κ1) is 14.5. The zero-order valence-corrected chi connectivity index (χ0v) is 12.8. The Kier molecular flexibility index (Phi) is 4.09. The molecule has 1 aromatic heterocycles. The van der Waals surface area contributed by atoms with E-state index >= 15 is 0 Å². The van der Waals surface area contributed by atoms with Crippen LogP contribution in [0.4, 0.5) is 0 Å². The van der Waals surface area contributed by atoms with Crippen LogP contribution in [-0.4, -0.2) is 23.6 Å². The van der Waals surface area contributed by atoms with Crippen molar-refractivity contribution >= 4 is 0 Å². The standard InChI is InChI=1S/C17H22N2O/c1-12-10-16(11-19(5)17(12)20)15-8-6-14(7-9-15)13(2)18(3)4/h6-11,13H,1-5H3. The van der Waals surface area contributed by atoms with Crippen LogP contribution < -0.4 is 5.56 Å². The summed E-state index contributed by atoms with van der Waals surface area (Å²) in [6.45, 7) is 4.04. The van der Waals surface area contributed by atoms with Crippen LogP contribution in [0.2, 0.25) is 0 Å².